The van der Waals surface area contributed by atoms with Crippen LogP contribution in [0.1, 0.15) is 23.1 Å². The Kier molecular flexibility index (Phi) is 5.95. The number of amides is 1. The molecule has 0 unspecified atom stereocenters. The van der Waals surface area contributed by atoms with Crippen molar-refractivity contribution in [2.75, 3.05) is 13.1 Å². The number of hydrogen-bond donors (Lipinski definition) is 3. The second-order valence-electron chi connectivity index (χ2n) is 6.71. The molecule has 0 bridgehead atoms. The van der Waals surface area contributed by atoms with Crippen molar-refractivity contribution < 1.29 is 22.7 Å². The molecule has 0 fully saturated rings. The summed E-state index contributed by atoms with van der Waals surface area (Å²) in [6.45, 7) is 1.33. The number of alkyl halides is 3. The van der Waals surface area contributed by atoms with Gasteiger partial charge in [0.25, 0.3) is 0 Å². The van der Waals surface area contributed by atoms with E-state index in [1.54, 1.807) is 17.0 Å². The average molecular weight is 406 g/mol. The fourth-order valence-corrected chi connectivity index (χ4v) is 3.12. The van der Waals surface area contributed by atoms with Crippen LogP contribution in [0.25, 0.3) is 0 Å². The molecule has 1 heterocycles. The number of fused-ring (bicyclic) bond motifs is 1. The fourth-order valence-electron chi connectivity index (χ4n) is 3.12. The van der Waals surface area contributed by atoms with E-state index in [1.165, 1.54) is 12.1 Å². The molecule has 3 rings (SSSR count). The SMILES string of the molecule is N=C(N)NCCC(=O)N1CCc2ccc(Oc3ccc(C(F)(F)F)cc3)cc2C1. The lowest BCUT2D eigenvalue weighted by molar-refractivity contribution is -0.137. The zero-order valence-electron chi connectivity index (χ0n) is 15.6. The average Bonchev–Trinajstić information content (AvgIpc) is 2.67. The molecular formula is C20H21F3N4O2. The lowest BCUT2D eigenvalue weighted by atomic mass is 9.99. The molecule has 0 atom stereocenters. The van der Waals surface area contributed by atoms with E-state index in [0.717, 1.165) is 23.3 Å². The Hall–Kier alpha value is -3.23. The van der Waals surface area contributed by atoms with Crippen molar-refractivity contribution in [1.29, 1.82) is 5.41 Å². The van der Waals surface area contributed by atoms with Crippen molar-refractivity contribution in [3.63, 3.8) is 0 Å². The number of rotatable bonds is 5. The molecule has 1 aliphatic heterocycles. The van der Waals surface area contributed by atoms with E-state index < -0.39 is 11.7 Å². The summed E-state index contributed by atoms with van der Waals surface area (Å²) < 4.78 is 43.7. The predicted octanol–water partition coefficient (Wildman–Crippen LogP) is 3.26. The summed E-state index contributed by atoms with van der Waals surface area (Å²) in [7, 11) is 0. The van der Waals surface area contributed by atoms with Gasteiger partial charge in [-0.15, -0.1) is 0 Å². The van der Waals surface area contributed by atoms with Crippen molar-refractivity contribution in [2.24, 2.45) is 5.73 Å². The van der Waals surface area contributed by atoms with Crippen molar-refractivity contribution in [3.8, 4) is 11.5 Å². The van der Waals surface area contributed by atoms with Crippen LogP contribution in [0.3, 0.4) is 0 Å². The van der Waals surface area contributed by atoms with Crippen LogP contribution < -0.4 is 15.8 Å². The molecular weight excluding hydrogens is 385 g/mol. The summed E-state index contributed by atoms with van der Waals surface area (Å²) in [4.78, 5) is 14.1. The Balaban J connectivity index is 1.65. The number of nitrogens with one attached hydrogen (secondary N) is 2. The normalized spacial score (nSPS) is 13.6. The highest BCUT2D eigenvalue weighted by Gasteiger charge is 2.30. The van der Waals surface area contributed by atoms with Gasteiger partial charge in [-0.25, -0.2) is 0 Å². The van der Waals surface area contributed by atoms with Gasteiger partial charge in [-0.3, -0.25) is 10.2 Å². The Labute approximate surface area is 166 Å². The minimum absolute atomic E-state index is 0.0431. The number of hydrogen-bond acceptors (Lipinski definition) is 3. The van der Waals surface area contributed by atoms with E-state index in [2.05, 4.69) is 5.32 Å². The highest BCUT2D eigenvalue weighted by molar-refractivity contribution is 5.78. The van der Waals surface area contributed by atoms with E-state index in [1.807, 2.05) is 6.07 Å². The van der Waals surface area contributed by atoms with E-state index in [9.17, 15) is 18.0 Å². The zero-order valence-corrected chi connectivity index (χ0v) is 15.6. The van der Waals surface area contributed by atoms with Crippen LogP contribution in [0, 0.1) is 5.41 Å². The van der Waals surface area contributed by atoms with Gasteiger partial charge in [0.1, 0.15) is 11.5 Å². The number of ether oxygens (including phenoxy) is 1. The van der Waals surface area contributed by atoms with Crippen molar-refractivity contribution in [2.45, 2.75) is 25.6 Å². The number of guanidine groups is 1. The second-order valence-corrected chi connectivity index (χ2v) is 6.71. The smallest absolute Gasteiger partial charge is 0.416 e. The largest absolute Gasteiger partial charge is 0.457 e. The first-order valence-corrected chi connectivity index (χ1v) is 9.05. The molecule has 2 aromatic carbocycles. The molecule has 1 aliphatic rings. The van der Waals surface area contributed by atoms with Crippen LogP contribution in [0.2, 0.25) is 0 Å². The number of carbonyl (C=O) groups is 1. The zero-order chi connectivity index (χ0) is 21.0. The first-order chi connectivity index (χ1) is 13.7. The van der Waals surface area contributed by atoms with Gasteiger partial charge in [-0.1, -0.05) is 6.07 Å². The fraction of sp³-hybridized carbons (Fsp3) is 0.300. The predicted molar refractivity (Wildman–Crippen MR) is 102 cm³/mol. The molecule has 9 heteroatoms. The van der Waals surface area contributed by atoms with Gasteiger partial charge in [0, 0.05) is 26.1 Å². The minimum Gasteiger partial charge on any atom is -0.457 e. The number of halogens is 3. The molecule has 0 saturated carbocycles. The van der Waals surface area contributed by atoms with Crippen molar-refractivity contribution >= 4 is 11.9 Å². The minimum atomic E-state index is -4.39. The lowest BCUT2D eigenvalue weighted by Gasteiger charge is -2.29. The van der Waals surface area contributed by atoms with Gasteiger partial charge < -0.3 is 20.7 Å². The monoisotopic (exact) mass is 406 g/mol. The Morgan fingerprint density at radius 2 is 1.83 bits per heavy atom. The van der Waals surface area contributed by atoms with E-state index in [4.69, 9.17) is 15.9 Å². The van der Waals surface area contributed by atoms with Gasteiger partial charge in [-0.05, 0) is 53.9 Å². The number of benzene rings is 2. The standard InChI is InChI=1S/C20H21F3N4O2/c21-20(22,23)15-2-5-16(6-3-15)29-17-4-1-13-8-10-27(12-14(13)11-17)18(28)7-9-26-19(24)25/h1-6,11H,7-10,12H2,(H4,24,25,26). The third-order valence-electron chi connectivity index (χ3n) is 4.61. The molecule has 0 spiro atoms. The van der Waals surface area contributed by atoms with Gasteiger partial charge in [-0.2, -0.15) is 13.2 Å². The van der Waals surface area contributed by atoms with Gasteiger partial charge in [0.05, 0.1) is 5.56 Å². The molecule has 4 N–H and O–H groups in total. The number of carbonyl (C=O) groups excluding carboxylic acids is 1. The molecule has 154 valence electrons. The van der Waals surface area contributed by atoms with Crippen LogP contribution in [0.4, 0.5) is 13.2 Å². The molecule has 0 aromatic heterocycles. The molecule has 0 aliphatic carbocycles. The topological polar surface area (TPSA) is 91.4 Å². The van der Waals surface area contributed by atoms with Crippen LogP contribution >= 0.6 is 0 Å². The molecule has 0 radical (unpaired) electrons. The van der Waals surface area contributed by atoms with Gasteiger partial charge in [0.2, 0.25) is 5.91 Å². The van der Waals surface area contributed by atoms with Crippen LogP contribution in [-0.2, 0) is 23.9 Å². The van der Waals surface area contributed by atoms with E-state index in [-0.39, 0.29) is 18.3 Å². The summed E-state index contributed by atoms with van der Waals surface area (Å²) in [6.07, 6.45) is -3.45. The summed E-state index contributed by atoms with van der Waals surface area (Å²) in [5.41, 5.74) is 6.52. The summed E-state index contributed by atoms with van der Waals surface area (Å²) in [5.74, 6) is 0.582. The molecule has 6 nitrogen and oxygen atoms in total. The highest BCUT2D eigenvalue weighted by Crippen LogP contribution is 2.32. The summed E-state index contributed by atoms with van der Waals surface area (Å²) in [6, 6.07) is 9.99. The van der Waals surface area contributed by atoms with Crippen LogP contribution in [-0.4, -0.2) is 29.9 Å². The molecule has 29 heavy (non-hydrogen) atoms. The maximum Gasteiger partial charge on any atom is 0.416 e. The van der Waals surface area contributed by atoms with Crippen molar-refractivity contribution in [1.82, 2.24) is 10.2 Å². The Morgan fingerprint density at radius 3 is 2.48 bits per heavy atom. The highest BCUT2D eigenvalue weighted by atomic mass is 19.4. The third-order valence-corrected chi connectivity index (χ3v) is 4.61. The third kappa shape index (κ3) is 5.40. The Bertz CT molecular complexity index is 898. The molecule has 2 aromatic rings. The Morgan fingerprint density at radius 1 is 1.14 bits per heavy atom. The molecule has 0 saturated heterocycles. The number of nitrogens with two attached hydrogens (primary N) is 1. The maximum absolute atomic E-state index is 12.7. The quantitative estimate of drug-likeness (QED) is 0.525. The summed E-state index contributed by atoms with van der Waals surface area (Å²) in [5, 5.41) is 9.72. The maximum atomic E-state index is 12.7. The first-order valence-electron chi connectivity index (χ1n) is 9.05. The van der Waals surface area contributed by atoms with Crippen LogP contribution in [0.15, 0.2) is 42.5 Å². The van der Waals surface area contributed by atoms with Gasteiger partial charge in [0.15, 0.2) is 5.96 Å². The number of nitrogens with zero attached hydrogens (tertiary/aromatic N) is 1. The second kappa shape index (κ2) is 8.42. The van der Waals surface area contributed by atoms with Gasteiger partial charge >= 0.3 is 6.18 Å². The molecule has 1 amide bonds. The lowest BCUT2D eigenvalue weighted by Crippen LogP contribution is -2.39. The van der Waals surface area contributed by atoms with E-state index in [0.29, 0.717) is 37.6 Å². The van der Waals surface area contributed by atoms with Crippen LogP contribution in [0.5, 0.6) is 11.5 Å². The summed E-state index contributed by atoms with van der Waals surface area (Å²) >= 11 is 0. The first kappa shape index (κ1) is 20.5. The van der Waals surface area contributed by atoms with Crippen molar-refractivity contribution in [3.05, 3.63) is 59.2 Å². The van der Waals surface area contributed by atoms with E-state index >= 15 is 0 Å².